The molecule has 7 nitrogen and oxygen atoms in total. The average molecular weight is 479 g/mol. The van der Waals surface area contributed by atoms with Crippen LogP contribution in [-0.2, 0) is 14.2 Å². The van der Waals surface area contributed by atoms with Gasteiger partial charge in [0.15, 0.2) is 24.4 Å². The molecular formula is C25H35O7P. The monoisotopic (exact) mass is 478 g/mol. The van der Waals surface area contributed by atoms with Crippen LogP contribution in [0, 0.1) is 20.8 Å². The lowest BCUT2D eigenvalue weighted by molar-refractivity contribution is -0.0458. The highest BCUT2D eigenvalue weighted by Crippen LogP contribution is 2.36. The molecule has 0 spiro atoms. The minimum atomic E-state index is -0.547. The normalized spacial score (nSPS) is 14.2. The molecule has 0 bridgehead atoms. The summed E-state index contributed by atoms with van der Waals surface area (Å²) in [5, 5.41) is 0.615. The first-order valence-electron chi connectivity index (χ1n) is 10.7. The second-order valence-electron chi connectivity index (χ2n) is 7.79. The van der Waals surface area contributed by atoms with Gasteiger partial charge in [0.1, 0.15) is 17.2 Å². The first kappa shape index (κ1) is 27.1. The highest BCUT2D eigenvalue weighted by Gasteiger charge is 2.23. The van der Waals surface area contributed by atoms with Crippen molar-refractivity contribution in [1.29, 1.82) is 0 Å². The van der Waals surface area contributed by atoms with Crippen molar-refractivity contribution in [2.75, 3.05) is 21.3 Å². The SMILES string of the molecule is COC(C)Oc1cc(OC(C)OC)c(PC(=O)c2c(C)cc(C)cc2C)c(OC(C)OC)c1. The molecule has 0 fully saturated rings. The Morgan fingerprint density at radius 2 is 1.15 bits per heavy atom. The quantitative estimate of drug-likeness (QED) is 0.318. The molecule has 0 aliphatic rings. The third-order valence-electron chi connectivity index (χ3n) is 5.07. The van der Waals surface area contributed by atoms with E-state index in [2.05, 4.69) is 0 Å². The average Bonchev–Trinajstić information content (AvgIpc) is 2.74. The van der Waals surface area contributed by atoms with Gasteiger partial charge in [-0.3, -0.25) is 4.79 Å². The number of carbonyl (C=O) groups is 1. The number of aryl methyl sites for hydroxylation is 3. The molecule has 0 radical (unpaired) electrons. The van der Waals surface area contributed by atoms with Crippen molar-refractivity contribution in [2.45, 2.75) is 60.4 Å². The molecule has 0 aromatic heterocycles. The molecule has 2 aromatic carbocycles. The largest absolute Gasteiger partial charge is 0.465 e. The zero-order valence-electron chi connectivity index (χ0n) is 20.9. The summed E-state index contributed by atoms with van der Waals surface area (Å²) in [5.74, 6) is 1.36. The van der Waals surface area contributed by atoms with E-state index < -0.39 is 18.9 Å². The van der Waals surface area contributed by atoms with Gasteiger partial charge in [-0.15, -0.1) is 0 Å². The molecule has 0 amide bonds. The minimum Gasteiger partial charge on any atom is -0.465 e. The van der Waals surface area contributed by atoms with E-state index in [0.717, 1.165) is 16.7 Å². The van der Waals surface area contributed by atoms with Gasteiger partial charge in [0, 0.05) is 39.0 Å². The van der Waals surface area contributed by atoms with E-state index in [1.165, 1.54) is 0 Å². The van der Waals surface area contributed by atoms with Crippen LogP contribution in [0.15, 0.2) is 24.3 Å². The lowest BCUT2D eigenvalue weighted by atomic mass is 10.0. The zero-order valence-corrected chi connectivity index (χ0v) is 21.9. The van der Waals surface area contributed by atoms with Crippen LogP contribution in [0.2, 0.25) is 0 Å². The molecule has 0 aliphatic carbocycles. The predicted octanol–water partition coefficient (Wildman–Crippen LogP) is 4.87. The molecule has 4 unspecified atom stereocenters. The fourth-order valence-electron chi connectivity index (χ4n) is 3.35. The predicted molar refractivity (Wildman–Crippen MR) is 131 cm³/mol. The molecule has 0 N–H and O–H groups in total. The molecule has 4 atom stereocenters. The summed E-state index contributed by atoms with van der Waals surface area (Å²) >= 11 is 0. The van der Waals surface area contributed by atoms with Gasteiger partial charge in [-0.1, -0.05) is 17.7 Å². The Labute approximate surface area is 198 Å². The maximum atomic E-state index is 13.5. The summed E-state index contributed by atoms with van der Waals surface area (Å²) in [4.78, 5) is 13.5. The van der Waals surface area contributed by atoms with Crippen molar-refractivity contribution >= 4 is 19.4 Å². The lowest BCUT2D eigenvalue weighted by Crippen LogP contribution is -2.23. The van der Waals surface area contributed by atoms with Gasteiger partial charge in [-0.05, 0) is 61.3 Å². The Hall–Kier alpha value is -2.18. The zero-order chi connectivity index (χ0) is 24.7. The number of benzene rings is 2. The first-order chi connectivity index (χ1) is 15.6. The van der Waals surface area contributed by atoms with Crippen LogP contribution in [0.3, 0.4) is 0 Å². The van der Waals surface area contributed by atoms with Crippen LogP contribution in [-0.4, -0.2) is 45.7 Å². The Bertz CT molecular complexity index is 904. The summed E-state index contributed by atoms with van der Waals surface area (Å²) in [6, 6.07) is 7.48. The summed E-state index contributed by atoms with van der Waals surface area (Å²) < 4.78 is 33.7. The van der Waals surface area contributed by atoms with Crippen LogP contribution in [0.4, 0.5) is 0 Å². The molecular weight excluding hydrogens is 443 g/mol. The second-order valence-corrected chi connectivity index (χ2v) is 8.99. The number of ether oxygens (including phenoxy) is 6. The van der Waals surface area contributed by atoms with Crippen molar-refractivity contribution in [1.82, 2.24) is 0 Å². The number of hydrogen-bond donors (Lipinski definition) is 0. The van der Waals surface area contributed by atoms with Gasteiger partial charge in [0.05, 0.1) is 5.30 Å². The summed E-state index contributed by atoms with van der Waals surface area (Å²) in [5.41, 5.74) is 3.71. The van der Waals surface area contributed by atoms with Crippen molar-refractivity contribution < 1.29 is 33.2 Å². The molecule has 2 aromatic rings. The van der Waals surface area contributed by atoms with Crippen molar-refractivity contribution in [3.05, 3.63) is 46.5 Å². The van der Waals surface area contributed by atoms with Crippen LogP contribution < -0.4 is 19.5 Å². The maximum Gasteiger partial charge on any atom is 0.196 e. The molecule has 0 saturated carbocycles. The fraction of sp³-hybridized carbons (Fsp3) is 0.480. The van der Waals surface area contributed by atoms with Gasteiger partial charge in [0.2, 0.25) is 0 Å². The van der Waals surface area contributed by atoms with E-state index in [1.54, 1.807) is 54.2 Å². The Balaban J connectivity index is 2.59. The van der Waals surface area contributed by atoms with E-state index in [1.807, 2.05) is 32.9 Å². The maximum absolute atomic E-state index is 13.5. The van der Waals surface area contributed by atoms with Crippen molar-refractivity contribution in [3.63, 3.8) is 0 Å². The number of hydrogen-bond acceptors (Lipinski definition) is 7. The highest BCUT2D eigenvalue weighted by atomic mass is 31.1. The summed E-state index contributed by atoms with van der Waals surface area (Å²) in [6.45, 7) is 11.2. The number of methoxy groups -OCH3 is 3. The van der Waals surface area contributed by atoms with Gasteiger partial charge < -0.3 is 28.4 Å². The van der Waals surface area contributed by atoms with Gasteiger partial charge in [0.25, 0.3) is 0 Å². The fourth-order valence-corrected chi connectivity index (χ4v) is 4.61. The molecule has 2 rings (SSSR count). The van der Waals surface area contributed by atoms with E-state index in [4.69, 9.17) is 28.4 Å². The van der Waals surface area contributed by atoms with E-state index in [0.29, 0.717) is 28.1 Å². The summed E-state index contributed by atoms with van der Waals surface area (Å²) in [7, 11) is 4.41. The van der Waals surface area contributed by atoms with Crippen molar-refractivity contribution in [3.8, 4) is 17.2 Å². The molecule has 0 aliphatic heterocycles. The topological polar surface area (TPSA) is 72.5 Å². The summed E-state index contributed by atoms with van der Waals surface area (Å²) in [6.07, 6.45) is -1.58. The highest BCUT2D eigenvalue weighted by molar-refractivity contribution is 7.66. The van der Waals surface area contributed by atoms with Gasteiger partial charge in [-0.25, -0.2) is 0 Å². The Kier molecular flexibility index (Phi) is 10.1. The molecule has 182 valence electrons. The minimum absolute atomic E-state index is 0.00577. The lowest BCUT2D eigenvalue weighted by Gasteiger charge is -2.23. The van der Waals surface area contributed by atoms with Gasteiger partial charge in [-0.2, -0.15) is 0 Å². The number of carbonyl (C=O) groups excluding carboxylic acids is 1. The molecule has 0 saturated heterocycles. The van der Waals surface area contributed by atoms with Crippen LogP contribution in [0.25, 0.3) is 0 Å². The number of rotatable bonds is 12. The molecule has 33 heavy (non-hydrogen) atoms. The van der Waals surface area contributed by atoms with Crippen molar-refractivity contribution in [2.24, 2.45) is 0 Å². The van der Waals surface area contributed by atoms with Crippen LogP contribution in [0.1, 0.15) is 47.8 Å². The first-order valence-corrected chi connectivity index (χ1v) is 11.7. The van der Waals surface area contributed by atoms with E-state index in [-0.39, 0.29) is 14.1 Å². The van der Waals surface area contributed by atoms with Crippen LogP contribution >= 0.6 is 8.58 Å². The second kappa shape index (κ2) is 12.3. The molecule has 8 heteroatoms. The Morgan fingerprint density at radius 3 is 1.58 bits per heavy atom. The third-order valence-corrected chi connectivity index (χ3v) is 6.29. The molecule has 0 heterocycles. The standard InChI is InChI=1S/C25H35O7P/c1-14-10-15(2)23(16(3)11-14)25(26)33-24-21(31-18(5)28-8)12-20(30-17(4)27-7)13-22(24)32-19(6)29-9/h10-13,17-19,33H,1-9H3. The van der Waals surface area contributed by atoms with E-state index >= 15 is 0 Å². The Morgan fingerprint density at radius 1 is 0.727 bits per heavy atom. The third kappa shape index (κ3) is 7.41. The van der Waals surface area contributed by atoms with Crippen LogP contribution in [0.5, 0.6) is 17.2 Å². The smallest absolute Gasteiger partial charge is 0.196 e. The van der Waals surface area contributed by atoms with Gasteiger partial charge >= 0.3 is 0 Å². The van der Waals surface area contributed by atoms with E-state index in [9.17, 15) is 4.79 Å².